The second kappa shape index (κ2) is 7.43. The first-order valence-electron chi connectivity index (χ1n) is 13.4. The third-order valence-electron chi connectivity index (χ3n) is 9.01. The lowest BCUT2D eigenvalue weighted by molar-refractivity contribution is 0.604. The van der Waals surface area contributed by atoms with Crippen molar-refractivity contribution >= 4 is 37.9 Å². The van der Waals surface area contributed by atoms with E-state index >= 15 is 0 Å². The van der Waals surface area contributed by atoms with Gasteiger partial charge in [0, 0.05) is 5.41 Å². The van der Waals surface area contributed by atoms with Gasteiger partial charge in [-0.1, -0.05) is 116 Å². The lowest BCUT2D eigenvalue weighted by Gasteiger charge is -2.28. The predicted molar refractivity (Wildman–Crippen MR) is 158 cm³/mol. The largest absolute Gasteiger partial charge is 0.0620 e. The molecule has 0 spiro atoms. The second-order valence-corrected chi connectivity index (χ2v) is 11.2. The van der Waals surface area contributed by atoms with E-state index in [1.807, 2.05) is 0 Å². The molecule has 0 atom stereocenters. The Morgan fingerprint density at radius 2 is 1.11 bits per heavy atom. The monoisotopic (exact) mass is 472 g/mol. The van der Waals surface area contributed by atoms with Gasteiger partial charge >= 0.3 is 0 Å². The van der Waals surface area contributed by atoms with Crippen molar-refractivity contribution in [3.05, 3.63) is 137 Å². The first-order chi connectivity index (χ1) is 18.1. The van der Waals surface area contributed by atoms with Crippen molar-refractivity contribution in [1.29, 1.82) is 0 Å². The fraction of sp³-hybridized carbons (Fsp3) is 0.135. The Morgan fingerprint density at radius 3 is 1.92 bits per heavy atom. The highest BCUT2D eigenvalue weighted by molar-refractivity contribution is 6.18. The summed E-state index contributed by atoms with van der Waals surface area (Å²) >= 11 is 0. The van der Waals surface area contributed by atoms with Crippen LogP contribution in [0, 0.1) is 0 Å². The van der Waals surface area contributed by atoms with Crippen molar-refractivity contribution in [2.45, 2.75) is 32.1 Å². The average Bonchev–Trinajstić information content (AvgIpc) is 3.19. The van der Waals surface area contributed by atoms with Crippen molar-refractivity contribution < 1.29 is 0 Å². The first-order valence-corrected chi connectivity index (χ1v) is 13.4. The number of allylic oxidation sites excluding steroid dienone is 1. The highest BCUT2D eigenvalue weighted by atomic mass is 14.4. The molecule has 37 heavy (non-hydrogen) atoms. The Kier molecular flexibility index (Phi) is 4.21. The molecule has 0 unspecified atom stereocenters. The van der Waals surface area contributed by atoms with Crippen molar-refractivity contribution in [3.63, 3.8) is 0 Å². The maximum atomic E-state index is 2.54. The maximum Gasteiger partial charge on any atom is 0.0121 e. The molecule has 0 heteroatoms. The minimum Gasteiger partial charge on any atom is -0.0620 e. The van der Waals surface area contributed by atoms with E-state index < -0.39 is 0 Å². The maximum absolute atomic E-state index is 2.54. The lowest BCUT2D eigenvalue weighted by atomic mass is 9.76. The van der Waals surface area contributed by atoms with Crippen LogP contribution in [-0.4, -0.2) is 0 Å². The molecule has 6 aromatic rings. The molecule has 0 heterocycles. The minimum atomic E-state index is 0.00360. The van der Waals surface area contributed by atoms with Crippen molar-refractivity contribution in [1.82, 2.24) is 0 Å². The van der Waals surface area contributed by atoms with Crippen LogP contribution in [0.25, 0.3) is 49.0 Å². The second-order valence-electron chi connectivity index (χ2n) is 11.2. The third-order valence-corrected chi connectivity index (χ3v) is 9.01. The Bertz CT molecular complexity index is 1950. The molecule has 0 saturated carbocycles. The molecule has 0 nitrogen and oxygen atoms in total. The summed E-state index contributed by atoms with van der Waals surface area (Å²) in [5.74, 6) is 0. The van der Waals surface area contributed by atoms with E-state index in [2.05, 4.69) is 123 Å². The van der Waals surface area contributed by atoms with Crippen LogP contribution >= 0.6 is 0 Å². The highest BCUT2D eigenvalue weighted by Gasteiger charge is 2.41. The molecule has 0 aliphatic heterocycles. The number of aryl methyl sites for hydroxylation is 1. The molecule has 2 aliphatic carbocycles. The zero-order chi connectivity index (χ0) is 24.7. The standard InChI is InChI=1S/C37H28/c1-37(2)33-20-19-23-11-3-6-14-26(23)35(33)36-30-18-10-9-17-29(30)32(22-34(36)37)31-21-24-12-4-5-13-25(24)27-15-7-8-16-28(27)31/h3-18,21-22H,19-20H2,1-2H3. The molecule has 0 bridgehead atoms. The summed E-state index contributed by atoms with van der Waals surface area (Å²) in [7, 11) is 0. The third kappa shape index (κ3) is 2.79. The van der Waals surface area contributed by atoms with Gasteiger partial charge in [0.15, 0.2) is 0 Å². The Balaban J connectivity index is 1.51. The minimum absolute atomic E-state index is 0.00360. The Labute approximate surface area is 217 Å². The van der Waals surface area contributed by atoms with E-state index in [0.717, 1.165) is 12.8 Å². The van der Waals surface area contributed by atoms with Gasteiger partial charge in [0.2, 0.25) is 0 Å². The van der Waals surface area contributed by atoms with E-state index in [-0.39, 0.29) is 5.41 Å². The predicted octanol–water partition coefficient (Wildman–Crippen LogP) is 9.85. The van der Waals surface area contributed by atoms with Crippen LogP contribution in [0.5, 0.6) is 0 Å². The smallest absolute Gasteiger partial charge is 0.0121 e. The molecular weight excluding hydrogens is 444 g/mol. The van der Waals surface area contributed by atoms with Crippen LogP contribution in [0.3, 0.4) is 0 Å². The normalized spacial score (nSPS) is 15.7. The van der Waals surface area contributed by atoms with Crippen molar-refractivity contribution in [2.24, 2.45) is 0 Å². The van der Waals surface area contributed by atoms with Gasteiger partial charge < -0.3 is 0 Å². The lowest BCUT2D eigenvalue weighted by Crippen LogP contribution is -2.19. The summed E-state index contributed by atoms with van der Waals surface area (Å²) < 4.78 is 0. The van der Waals surface area contributed by atoms with Crippen molar-refractivity contribution in [2.75, 3.05) is 0 Å². The fourth-order valence-corrected chi connectivity index (χ4v) is 7.24. The van der Waals surface area contributed by atoms with E-state index in [1.54, 1.807) is 5.57 Å². The van der Waals surface area contributed by atoms with Crippen LogP contribution in [0.4, 0.5) is 0 Å². The summed E-state index contributed by atoms with van der Waals surface area (Å²) in [6.07, 6.45) is 2.27. The number of hydrogen-bond acceptors (Lipinski definition) is 0. The van der Waals surface area contributed by atoms with Gasteiger partial charge in [0.25, 0.3) is 0 Å². The molecule has 6 aromatic carbocycles. The molecule has 0 aromatic heterocycles. The first kappa shape index (κ1) is 21.0. The van der Waals surface area contributed by atoms with Gasteiger partial charge in [0.05, 0.1) is 0 Å². The van der Waals surface area contributed by atoms with Crippen LogP contribution in [0.1, 0.15) is 42.5 Å². The van der Waals surface area contributed by atoms with E-state index in [1.165, 1.54) is 71.3 Å². The summed E-state index contributed by atoms with van der Waals surface area (Å²) in [6, 6.07) is 40.8. The summed E-state index contributed by atoms with van der Waals surface area (Å²) in [4.78, 5) is 0. The van der Waals surface area contributed by atoms with Crippen LogP contribution in [-0.2, 0) is 11.8 Å². The molecule has 2 aliphatic rings. The molecule has 176 valence electrons. The number of benzene rings is 6. The van der Waals surface area contributed by atoms with E-state index in [9.17, 15) is 0 Å². The van der Waals surface area contributed by atoms with Gasteiger partial charge in [-0.3, -0.25) is 0 Å². The number of fused-ring (bicyclic) bond motifs is 9. The molecular formula is C37H28. The van der Waals surface area contributed by atoms with E-state index in [4.69, 9.17) is 0 Å². The molecule has 8 rings (SSSR count). The highest BCUT2D eigenvalue weighted by Crippen LogP contribution is 2.56. The number of rotatable bonds is 1. The zero-order valence-corrected chi connectivity index (χ0v) is 21.3. The average molecular weight is 473 g/mol. The summed E-state index contributed by atoms with van der Waals surface area (Å²) in [6.45, 7) is 4.89. The van der Waals surface area contributed by atoms with Crippen LogP contribution in [0.15, 0.2) is 115 Å². The molecule has 0 amide bonds. The van der Waals surface area contributed by atoms with Crippen LogP contribution < -0.4 is 0 Å². The fourth-order valence-electron chi connectivity index (χ4n) is 7.24. The Hall–Kier alpha value is -4.16. The molecule has 0 fully saturated rings. The summed E-state index contributed by atoms with van der Waals surface area (Å²) in [5, 5.41) is 7.99. The zero-order valence-electron chi connectivity index (χ0n) is 21.3. The molecule has 0 saturated heterocycles. The van der Waals surface area contributed by atoms with Gasteiger partial charge in [-0.25, -0.2) is 0 Å². The van der Waals surface area contributed by atoms with Gasteiger partial charge in [-0.05, 0) is 96.2 Å². The molecule has 0 radical (unpaired) electrons. The molecule has 0 N–H and O–H groups in total. The van der Waals surface area contributed by atoms with Gasteiger partial charge in [-0.2, -0.15) is 0 Å². The summed E-state index contributed by atoms with van der Waals surface area (Å²) in [5.41, 5.74) is 11.6. The van der Waals surface area contributed by atoms with E-state index in [0.29, 0.717) is 0 Å². The number of hydrogen-bond donors (Lipinski definition) is 0. The van der Waals surface area contributed by atoms with Gasteiger partial charge in [-0.15, -0.1) is 0 Å². The SMILES string of the molecule is CC1(C)C2=C(c3ccccc3CC2)c2c1cc(-c1cc3ccccc3c3ccccc13)c1ccccc21. The quantitative estimate of drug-likeness (QED) is 0.209. The van der Waals surface area contributed by atoms with Gasteiger partial charge in [0.1, 0.15) is 0 Å². The topological polar surface area (TPSA) is 0 Å². The van der Waals surface area contributed by atoms with Crippen molar-refractivity contribution in [3.8, 4) is 11.1 Å². The van der Waals surface area contributed by atoms with Crippen LogP contribution in [0.2, 0.25) is 0 Å². The Morgan fingerprint density at radius 1 is 0.514 bits per heavy atom.